The third-order valence-corrected chi connectivity index (χ3v) is 19.9. The van der Waals surface area contributed by atoms with Gasteiger partial charge in [-0.25, -0.2) is 27.2 Å². The maximum atomic E-state index is 13.9. The van der Waals surface area contributed by atoms with Crippen molar-refractivity contribution in [3.63, 3.8) is 0 Å². The molecule has 2 aliphatic rings. The van der Waals surface area contributed by atoms with E-state index in [2.05, 4.69) is 192 Å². The van der Waals surface area contributed by atoms with Gasteiger partial charge in [-0.3, -0.25) is 0 Å². The summed E-state index contributed by atoms with van der Waals surface area (Å²) < 4.78 is 58.8. The Balaban J connectivity index is 0.000000155. The minimum Gasteiger partial charge on any atom is -0.0622 e. The van der Waals surface area contributed by atoms with Gasteiger partial charge < -0.3 is 15.4 Å². The van der Waals surface area contributed by atoms with Crippen molar-refractivity contribution in [3.05, 3.63) is 248 Å². The summed E-state index contributed by atoms with van der Waals surface area (Å²) >= 11 is -0.106. The van der Waals surface area contributed by atoms with Crippen molar-refractivity contribution in [2.75, 3.05) is 30.4 Å². The summed E-state index contributed by atoms with van der Waals surface area (Å²) in [5.41, 5.74) is 7.44. The number of halogens is 4. The summed E-state index contributed by atoms with van der Waals surface area (Å²) in [6.45, 7) is 3.66. The Hall–Kier alpha value is -5.69. The van der Waals surface area contributed by atoms with Crippen LogP contribution in [0.1, 0.15) is 25.5 Å². The van der Waals surface area contributed by atoms with Gasteiger partial charge in [0.25, 0.3) is 0 Å². The van der Waals surface area contributed by atoms with Crippen LogP contribution in [0.25, 0.3) is 11.4 Å². The van der Waals surface area contributed by atoms with Crippen LogP contribution in [0, 0.1) is 11.6 Å². The number of ether oxygens (including phenoxy) is 1. The molecular formula is C60H54Cl2F2N4O3P2PdS. The van der Waals surface area contributed by atoms with Crippen LogP contribution in [0.5, 0.6) is 0 Å². The molecule has 0 amide bonds. The van der Waals surface area contributed by atoms with E-state index in [9.17, 15) is 17.2 Å². The van der Waals surface area contributed by atoms with Crippen LogP contribution in [-0.4, -0.2) is 44.2 Å². The van der Waals surface area contributed by atoms with E-state index in [1.54, 1.807) is 30.3 Å². The standard InChI is InChI=1S/C24H24F2N4O3S.2C18H15P.2ClH.Pd/c1-15-14-33-11-10-30(15)22-13-21(28-23(29-22)16-2-4-17(27)5-3-16)24(8-9-24)34(31,32)18-6-7-19(25)20(26)12-18;2*1-4-10-16(11-5-1)19(17-12-6-2-7-13-17)18-14-8-3-9-15-18;;;/h2-7,12-13,15H,8-11,14,27H2,1H3;2*1-15H;2*1H;/q;;;;;+2/p-2/t15-;;;;;/m0...../s1. The zero-order chi connectivity index (χ0) is 52.6. The Labute approximate surface area is 457 Å². The van der Waals surface area contributed by atoms with Crippen LogP contribution < -0.4 is 42.5 Å². The van der Waals surface area contributed by atoms with Crippen LogP contribution >= 0.6 is 34.9 Å². The maximum Gasteiger partial charge on any atom is -0.0134 e. The molecular weight excluding hydrogens is 1130 g/mol. The number of nitrogen functional groups attached to an aromatic ring is 1. The van der Waals surface area contributed by atoms with Gasteiger partial charge in [0.05, 0.1) is 29.8 Å². The van der Waals surface area contributed by atoms with E-state index < -0.39 is 42.1 Å². The first kappa shape index (κ1) is 55.5. The molecule has 11 rings (SSSR count). The summed E-state index contributed by atoms with van der Waals surface area (Å²) in [6.07, 6.45) is 0.648. The fraction of sp³-hybridized carbons (Fsp3) is 0.133. The quantitative estimate of drug-likeness (QED) is 0.0596. The molecule has 0 bridgehead atoms. The van der Waals surface area contributed by atoms with Gasteiger partial charge in [-0.05, 0) is 110 Å². The molecule has 8 aromatic carbocycles. The van der Waals surface area contributed by atoms with Gasteiger partial charge in [0.1, 0.15) is 10.6 Å². The number of sulfone groups is 1. The van der Waals surface area contributed by atoms with E-state index in [1.807, 2.05) is 6.92 Å². The zero-order valence-corrected chi connectivity index (χ0v) is 46.5. The van der Waals surface area contributed by atoms with E-state index >= 15 is 0 Å². The second-order valence-corrected chi connectivity index (χ2v) is 26.5. The van der Waals surface area contributed by atoms with E-state index in [0.29, 0.717) is 61.2 Å². The van der Waals surface area contributed by atoms with Crippen LogP contribution in [-0.2, 0) is 35.3 Å². The molecule has 2 N–H and O–H groups in total. The van der Waals surface area contributed by atoms with E-state index in [4.69, 9.17) is 34.5 Å². The zero-order valence-electron chi connectivity index (χ0n) is 40.8. The second kappa shape index (κ2) is 26.9. The fourth-order valence-electron chi connectivity index (χ4n) is 8.65. The Kier molecular flexibility index (Phi) is 19.9. The molecule has 0 spiro atoms. The van der Waals surface area contributed by atoms with Crippen LogP contribution in [0.15, 0.2) is 235 Å². The van der Waals surface area contributed by atoms with Crippen molar-refractivity contribution in [1.29, 1.82) is 0 Å². The Morgan fingerprint density at radius 3 is 1.35 bits per heavy atom. The van der Waals surface area contributed by atoms with Crippen molar-refractivity contribution >= 4 is 88.1 Å². The first-order valence-electron chi connectivity index (χ1n) is 24.1. The predicted octanol–water partition coefficient (Wildman–Crippen LogP) is 12.0. The SMILES string of the molecule is C[C@H]1COCCN1c1cc(C2(S(=O)(=O)c3ccc(F)c(F)c3)CC2)nc(-c2ccc(N)cc2)n1.[Cl][Pd][Cl].c1ccc(P(c2ccccc2)c2ccccc2)cc1.c1ccc(P(c2ccccc2)c2ccccc2)cc1. The van der Waals surface area contributed by atoms with Crippen molar-refractivity contribution in [1.82, 2.24) is 9.97 Å². The first-order valence-corrected chi connectivity index (χ1v) is 32.2. The normalized spacial score (nSPS) is 14.6. The van der Waals surface area contributed by atoms with Crippen molar-refractivity contribution < 1.29 is 37.9 Å². The molecule has 2 fully saturated rings. The minimum atomic E-state index is -4.05. The molecule has 1 aliphatic carbocycles. The van der Waals surface area contributed by atoms with Gasteiger partial charge in [0.15, 0.2) is 27.3 Å². The number of benzene rings is 8. The van der Waals surface area contributed by atoms with Gasteiger partial charge in [-0.1, -0.05) is 182 Å². The monoisotopic (exact) mass is 1190 g/mol. The molecule has 1 aliphatic heterocycles. The second-order valence-electron chi connectivity index (χ2n) is 17.5. The van der Waals surface area contributed by atoms with Crippen LogP contribution in [0.4, 0.5) is 20.3 Å². The molecule has 1 saturated heterocycles. The maximum absolute atomic E-state index is 13.9. The topological polar surface area (TPSA) is 98.4 Å². The largest absolute Gasteiger partial charge is 0.0622 e. The Morgan fingerprint density at radius 1 is 0.587 bits per heavy atom. The van der Waals surface area contributed by atoms with Gasteiger partial charge in [0.2, 0.25) is 0 Å². The average Bonchev–Trinajstić information content (AvgIpc) is 4.38. The number of nitrogens with zero attached hydrogens (tertiary/aromatic N) is 3. The molecule has 15 heteroatoms. The number of morpholine rings is 1. The number of nitrogens with two attached hydrogens (primary N) is 1. The van der Waals surface area contributed by atoms with Gasteiger partial charge in [-0.2, -0.15) is 0 Å². The molecule has 2 heterocycles. The fourth-order valence-corrected chi connectivity index (χ4v) is 15.2. The van der Waals surface area contributed by atoms with Crippen molar-refractivity contribution in [2.45, 2.75) is 35.4 Å². The van der Waals surface area contributed by atoms with Crippen molar-refractivity contribution in [2.24, 2.45) is 0 Å². The number of aromatic nitrogens is 2. The van der Waals surface area contributed by atoms with Gasteiger partial charge in [-0.15, -0.1) is 0 Å². The minimum absolute atomic E-state index is 0.0359. The third-order valence-electron chi connectivity index (χ3n) is 12.5. The van der Waals surface area contributed by atoms with Gasteiger partial charge >= 0.3 is 35.0 Å². The predicted molar refractivity (Wildman–Crippen MR) is 306 cm³/mol. The van der Waals surface area contributed by atoms with Crippen LogP contribution in [0.2, 0.25) is 0 Å². The summed E-state index contributed by atoms with van der Waals surface area (Å²) in [6, 6.07) is 76.1. The molecule has 7 nitrogen and oxygen atoms in total. The van der Waals surface area contributed by atoms with Crippen LogP contribution in [0.3, 0.4) is 0 Å². The summed E-state index contributed by atoms with van der Waals surface area (Å²) in [7, 11) is 4.69. The molecule has 386 valence electrons. The number of rotatable bonds is 11. The van der Waals surface area contributed by atoms with E-state index in [0.717, 1.165) is 18.2 Å². The van der Waals surface area contributed by atoms with E-state index in [-0.39, 0.29) is 26.9 Å². The molecule has 1 aromatic heterocycles. The van der Waals surface area contributed by atoms with Gasteiger partial charge in [0, 0.05) is 23.9 Å². The number of hydrogen-bond donors (Lipinski definition) is 1. The Morgan fingerprint density at radius 2 is 0.987 bits per heavy atom. The molecule has 1 saturated carbocycles. The number of hydrogen-bond acceptors (Lipinski definition) is 7. The van der Waals surface area contributed by atoms with E-state index in [1.165, 1.54) is 31.8 Å². The smallest absolute Gasteiger partial charge is 0.0134 e. The molecule has 75 heavy (non-hydrogen) atoms. The average molecular weight is 1190 g/mol. The Bertz CT molecular complexity index is 3010. The molecule has 1 atom stereocenters. The molecule has 9 aromatic rings. The first-order chi connectivity index (χ1) is 36.5. The third kappa shape index (κ3) is 14.0. The van der Waals surface area contributed by atoms with Crippen molar-refractivity contribution in [3.8, 4) is 11.4 Å². The molecule has 0 unspecified atom stereocenters. The summed E-state index contributed by atoms with van der Waals surface area (Å²) in [5, 5.41) is 8.39. The number of anilines is 2. The molecule has 0 radical (unpaired) electrons. The summed E-state index contributed by atoms with van der Waals surface area (Å²) in [4.78, 5) is 11.2. The summed E-state index contributed by atoms with van der Waals surface area (Å²) in [5.74, 6) is -1.33.